The molecule has 0 fully saturated rings. The van der Waals surface area contributed by atoms with Crippen LogP contribution in [0.15, 0.2) is 35.7 Å². The van der Waals surface area contributed by atoms with Crippen LogP contribution in [-0.2, 0) is 12.3 Å². The monoisotopic (exact) mass is 431 g/mol. The second-order valence-corrected chi connectivity index (χ2v) is 8.04. The molecule has 3 rings (SSSR count). The molecule has 0 amide bonds. The third-order valence-corrected chi connectivity index (χ3v) is 5.24. The third-order valence-electron chi connectivity index (χ3n) is 3.73. The van der Waals surface area contributed by atoms with Gasteiger partial charge >= 0.3 is 6.55 Å². The second kappa shape index (κ2) is 8.58. The van der Waals surface area contributed by atoms with Crippen LogP contribution in [0.25, 0.3) is 11.4 Å². The summed E-state index contributed by atoms with van der Waals surface area (Å²) in [4.78, 5) is 4.00. The lowest BCUT2D eigenvalue weighted by Crippen LogP contribution is -2.08. The van der Waals surface area contributed by atoms with Crippen molar-refractivity contribution in [1.29, 1.82) is 0 Å². The minimum atomic E-state index is -2.62. The average Bonchev–Trinajstić information content (AvgIpc) is 3.20. The normalized spacial score (nSPS) is 11.7. The number of hydrogen-bond acceptors (Lipinski definition) is 4. The largest absolute Gasteiger partial charge is 0.319 e. The third kappa shape index (κ3) is 4.62. The summed E-state index contributed by atoms with van der Waals surface area (Å²) >= 11 is 13.6. The minimum absolute atomic E-state index is 0.252. The number of rotatable bonds is 7. The Balaban J connectivity index is 1.91. The van der Waals surface area contributed by atoms with Crippen molar-refractivity contribution in [2.24, 2.45) is 5.92 Å². The number of imidazole rings is 1. The Morgan fingerprint density at radius 2 is 1.96 bits per heavy atom. The van der Waals surface area contributed by atoms with E-state index in [1.165, 1.54) is 24.2 Å². The molecule has 0 radical (unpaired) electrons. The summed E-state index contributed by atoms with van der Waals surface area (Å²) in [6, 6.07) is 5.19. The second-order valence-electron chi connectivity index (χ2n) is 6.25. The molecule has 1 aromatic carbocycles. The molecule has 2 aromatic heterocycles. The Hall–Kier alpha value is -1.64. The summed E-state index contributed by atoms with van der Waals surface area (Å²) in [5.41, 5.74) is 0.718. The van der Waals surface area contributed by atoms with Gasteiger partial charge in [0, 0.05) is 29.5 Å². The molecule has 0 saturated carbocycles. The van der Waals surface area contributed by atoms with Gasteiger partial charge in [0.15, 0.2) is 11.0 Å². The lowest BCUT2D eigenvalue weighted by molar-refractivity contribution is 0.0678. The van der Waals surface area contributed by atoms with Gasteiger partial charge in [-0.25, -0.2) is 4.98 Å². The van der Waals surface area contributed by atoms with Crippen LogP contribution in [0.1, 0.15) is 26.2 Å². The molecule has 144 valence electrons. The Labute approximate surface area is 169 Å². The van der Waals surface area contributed by atoms with Gasteiger partial charge in [0.05, 0.1) is 10.8 Å². The lowest BCUT2D eigenvalue weighted by Gasteiger charge is -2.13. The first-order valence-corrected chi connectivity index (χ1v) is 9.92. The van der Waals surface area contributed by atoms with Gasteiger partial charge in [-0.05, 0) is 24.1 Å². The number of alkyl halides is 2. The van der Waals surface area contributed by atoms with E-state index >= 15 is 0 Å². The van der Waals surface area contributed by atoms with E-state index in [2.05, 4.69) is 29.0 Å². The van der Waals surface area contributed by atoms with E-state index in [0.29, 0.717) is 33.5 Å². The number of nitrogens with zero attached hydrogens (tertiary/aromatic N) is 5. The van der Waals surface area contributed by atoms with E-state index in [4.69, 9.17) is 23.2 Å². The summed E-state index contributed by atoms with van der Waals surface area (Å²) in [5.74, 6) is 1.47. The average molecular weight is 432 g/mol. The summed E-state index contributed by atoms with van der Waals surface area (Å²) in [6.07, 6.45) is 2.62. The van der Waals surface area contributed by atoms with Gasteiger partial charge < -0.3 is 4.57 Å². The van der Waals surface area contributed by atoms with Crippen LogP contribution in [-0.4, -0.2) is 24.3 Å². The smallest absolute Gasteiger partial charge is 0.302 e. The number of thioether (sulfide) groups is 1. The highest BCUT2D eigenvalue weighted by Gasteiger charge is 2.19. The molecule has 10 heteroatoms. The first-order valence-electron chi connectivity index (χ1n) is 8.18. The fourth-order valence-corrected chi connectivity index (χ4v) is 3.95. The maximum Gasteiger partial charge on any atom is 0.319 e. The highest BCUT2D eigenvalue weighted by molar-refractivity contribution is 7.98. The van der Waals surface area contributed by atoms with Crippen LogP contribution in [0, 0.1) is 5.92 Å². The van der Waals surface area contributed by atoms with Crippen LogP contribution >= 0.6 is 35.0 Å². The van der Waals surface area contributed by atoms with E-state index in [-0.39, 0.29) is 11.6 Å². The van der Waals surface area contributed by atoms with E-state index in [9.17, 15) is 8.78 Å². The molecule has 0 aliphatic heterocycles. The Kier molecular flexibility index (Phi) is 6.39. The molecule has 0 spiro atoms. The van der Waals surface area contributed by atoms with E-state index in [1.54, 1.807) is 18.2 Å². The van der Waals surface area contributed by atoms with Crippen LogP contribution in [0.3, 0.4) is 0 Å². The first-order chi connectivity index (χ1) is 12.9. The molecule has 0 bridgehead atoms. The van der Waals surface area contributed by atoms with Crippen LogP contribution < -0.4 is 0 Å². The summed E-state index contributed by atoms with van der Waals surface area (Å²) in [7, 11) is 0. The van der Waals surface area contributed by atoms with Crippen molar-refractivity contribution >= 4 is 35.0 Å². The number of hydrogen-bond donors (Lipinski definition) is 0. The van der Waals surface area contributed by atoms with Crippen molar-refractivity contribution < 1.29 is 8.78 Å². The predicted molar refractivity (Wildman–Crippen MR) is 103 cm³/mol. The number of halogens is 4. The van der Waals surface area contributed by atoms with Crippen LogP contribution in [0.4, 0.5) is 8.78 Å². The molecule has 0 unspecified atom stereocenters. The maximum absolute atomic E-state index is 13.0. The molecule has 2 heterocycles. The molecular weight excluding hydrogens is 415 g/mol. The topological polar surface area (TPSA) is 48.5 Å². The number of aromatic nitrogens is 5. The van der Waals surface area contributed by atoms with Gasteiger partial charge in [-0.3, -0.25) is 4.57 Å². The molecule has 0 N–H and O–H groups in total. The quantitative estimate of drug-likeness (QED) is 0.444. The standard InChI is InChI=1S/C17H17Cl2F2N5S/c1-10(2)8-26-15(12-4-3-11(18)7-13(12)19)23-24-17(26)27-9-14-22-5-6-25(14)16(20)21/h3-7,10,16H,8-9H2,1-2H3. The van der Waals surface area contributed by atoms with Gasteiger partial charge in [-0.2, -0.15) is 8.78 Å². The van der Waals surface area contributed by atoms with Crippen molar-refractivity contribution in [1.82, 2.24) is 24.3 Å². The Morgan fingerprint density at radius 1 is 1.19 bits per heavy atom. The van der Waals surface area contributed by atoms with Crippen molar-refractivity contribution in [3.05, 3.63) is 46.5 Å². The molecule has 0 aliphatic carbocycles. The summed E-state index contributed by atoms with van der Waals surface area (Å²) in [6.45, 7) is 2.18. The Morgan fingerprint density at radius 3 is 2.63 bits per heavy atom. The molecule has 0 aliphatic rings. The molecule has 3 aromatic rings. The zero-order valence-corrected chi connectivity index (χ0v) is 16.9. The Bertz CT molecular complexity index is 926. The molecule has 0 atom stereocenters. The predicted octanol–water partition coefficient (Wildman–Crippen LogP) is 5.79. The SMILES string of the molecule is CC(C)Cn1c(SCc2nccn2C(F)F)nnc1-c1ccc(Cl)cc1Cl. The molecule has 0 saturated heterocycles. The molecule has 27 heavy (non-hydrogen) atoms. The molecule has 5 nitrogen and oxygen atoms in total. The maximum atomic E-state index is 13.0. The lowest BCUT2D eigenvalue weighted by atomic mass is 10.2. The van der Waals surface area contributed by atoms with E-state index < -0.39 is 6.55 Å². The first kappa shape index (κ1) is 20.1. The summed E-state index contributed by atoms with van der Waals surface area (Å²) < 4.78 is 28.8. The van der Waals surface area contributed by atoms with Crippen LogP contribution in [0.2, 0.25) is 10.0 Å². The van der Waals surface area contributed by atoms with Gasteiger partial charge in [0.2, 0.25) is 0 Å². The highest BCUT2D eigenvalue weighted by Crippen LogP contribution is 2.32. The van der Waals surface area contributed by atoms with E-state index in [0.717, 1.165) is 10.1 Å². The van der Waals surface area contributed by atoms with Crippen molar-refractivity contribution in [3.63, 3.8) is 0 Å². The van der Waals surface area contributed by atoms with Crippen LogP contribution in [0.5, 0.6) is 0 Å². The van der Waals surface area contributed by atoms with Gasteiger partial charge in [-0.15, -0.1) is 10.2 Å². The fourth-order valence-electron chi connectivity index (χ4n) is 2.56. The molecular formula is C17H17Cl2F2N5S. The van der Waals surface area contributed by atoms with Crippen molar-refractivity contribution in [3.8, 4) is 11.4 Å². The van der Waals surface area contributed by atoms with Gasteiger partial charge in [0.25, 0.3) is 0 Å². The minimum Gasteiger partial charge on any atom is -0.302 e. The summed E-state index contributed by atoms with van der Waals surface area (Å²) in [5, 5.41) is 10.1. The van der Waals surface area contributed by atoms with Gasteiger partial charge in [-0.1, -0.05) is 48.8 Å². The zero-order chi connectivity index (χ0) is 19.6. The van der Waals surface area contributed by atoms with Crippen molar-refractivity contribution in [2.75, 3.05) is 0 Å². The fraction of sp³-hybridized carbons (Fsp3) is 0.353. The number of benzene rings is 1. The zero-order valence-electron chi connectivity index (χ0n) is 14.6. The highest BCUT2D eigenvalue weighted by atomic mass is 35.5. The van der Waals surface area contributed by atoms with E-state index in [1.807, 2.05) is 4.57 Å². The van der Waals surface area contributed by atoms with Gasteiger partial charge in [0.1, 0.15) is 5.82 Å². The van der Waals surface area contributed by atoms with Crippen molar-refractivity contribution in [2.45, 2.75) is 37.9 Å².